The Kier molecular flexibility index (Phi) is 5.94. The van der Waals surface area contributed by atoms with Gasteiger partial charge in [0.2, 0.25) is 0 Å². The average Bonchev–Trinajstić information content (AvgIpc) is 2.34. The molecule has 0 unspecified atom stereocenters. The van der Waals surface area contributed by atoms with Crippen LogP contribution in [-0.2, 0) is 9.63 Å². The maximum Gasteiger partial charge on any atom is 0.281 e. The van der Waals surface area contributed by atoms with Crippen molar-refractivity contribution in [3.05, 3.63) is 41.5 Å². The second kappa shape index (κ2) is 7.50. The summed E-state index contributed by atoms with van der Waals surface area (Å²) in [6.07, 6.45) is 1.88. The quantitative estimate of drug-likeness (QED) is 0.478. The van der Waals surface area contributed by atoms with Crippen LogP contribution in [0.25, 0.3) is 0 Å². The first kappa shape index (κ1) is 14.3. The Morgan fingerprint density at radius 1 is 1.28 bits per heavy atom. The van der Waals surface area contributed by atoms with E-state index in [4.69, 9.17) is 9.57 Å². The zero-order valence-electron chi connectivity index (χ0n) is 11.0. The third-order valence-corrected chi connectivity index (χ3v) is 2.15. The Hall–Kier alpha value is -1.81. The van der Waals surface area contributed by atoms with E-state index >= 15 is 0 Å². The van der Waals surface area contributed by atoms with Gasteiger partial charge in [-0.25, -0.2) is 5.48 Å². The number of hydroxylamine groups is 1. The van der Waals surface area contributed by atoms with Gasteiger partial charge >= 0.3 is 0 Å². The topological polar surface area (TPSA) is 47.6 Å². The van der Waals surface area contributed by atoms with Crippen LogP contribution in [0.5, 0.6) is 5.75 Å². The van der Waals surface area contributed by atoms with Gasteiger partial charge in [0.05, 0.1) is 6.61 Å². The van der Waals surface area contributed by atoms with Gasteiger partial charge in [0.15, 0.2) is 6.61 Å². The molecule has 0 aliphatic rings. The Morgan fingerprint density at radius 3 is 2.56 bits per heavy atom. The summed E-state index contributed by atoms with van der Waals surface area (Å²) < 4.78 is 5.29. The monoisotopic (exact) mass is 249 g/mol. The van der Waals surface area contributed by atoms with Gasteiger partial charge in [0.25, 0.3) is 5.91 Å². The number of hydrogen-bond donors (Lipinski definition) is 1. The number of ether oxygens (including phenoxy) is 1. The van der Waals surface area contributed by atoms with Gasteiger partial charge in [0.1, 0.15) is 5.75 Å². The molecule has 0 aromatic heterocycles. The van der Waals surface area contributed by atoms with Crippen molar-refractivity contribution in [2.45, 2.75) is 20.8 Å². The number of amides is 1. The summed E-state index contributed by atoms with van der Waals surface area (Å²) in [6.45, 7) is 6.22. The zero-order valence-corrected chi connectivity index (χ0v) is 11.0. The van der Waals surface area contributed by atoms with E-state index in [0.29, 0.717) is 12.4 Å². The molecule has 0 radical (unpaired) electrons. The minimum atomic E-state index is -0.308. The first-order valence-corrected chi connectivity index (χ1v) is 5.81. The molecule has 1 amide bonds. The number of hydrogen-bond acceptors (Lipinski definition) is 3. The molecular formula is C14H19NO3. The molecule has 0 fully saturated rings. The van der Waals surface area contributed by atoms with Gasteiger partial charge in [0, 0.05) is 0 Å². The standard InChI is InChI=1S/C14H19NO3/c1-11(2)8-9-18-15-14(16)10-17-13-6-4-12(3)5-7-13/h4-8H,9-10H2,1-3H3,(H,15,16). The molecule has 1 rings (SSSR count). The first-order chi connectivity index (χ1) is 8.58. The molecule has 0 saturated heterocycles. The van der Waals surface area contributed by atoms with E-state index in [1.54, 1.807) is 0 Å². The summed E-state index contributed by atoms with van der Waals surface area (Å²) in [7, 11) is 0. The van der Waals surface area contributed by atoms with E-state index < -0.39 is 0 Å². The molecule has 1 aromatic carbocycles. The van der Waals surface area contributed by atoms with Crippen LogP contribution < -0.4 is 10.2 Å². The molecule has 18 heavy (non-hydrogen) atoms. The number of carbonyl (C=O) groups excluding carboxylic acids is 1. The maximum absolute atomic E-state index is 11.3. The van der Waals surface area contributed by atoms with Crippen LogP contribution in [-0.4, -0.2) is 19.1 Å². The van der Waals surface area contributed by atoms with Gasteiger partial charge in [-0.05, 0) is 32.9 Å². The van der Waals surface area contributed by atoms with E-state index in [0.717, 1.165) is 11.1 Å². The molecule has 0 spiro atoms. The first-order valence-electron chi connectivity index (χ1n) is 5.81. The second-order valence-electron chi connectivity index (χ2n) is 4.22. The fraction of sp³-hybridized carbons (Fsp3) is 0.357. The van der Waals surface area contributed by atoms with E-state index in [9.17, 15) is 4.79 Å². The molecule has 0 heterocycles. The van der Waals surface area contributed by atoms with Crippen LogP contribution in [0.2, 0.25) is 0 Å². The Morgan fingerprint density at radius 2 is 1.94 bits per heavy atom. The molecule has 4 heteroatoms. The lowest BCUT2D eigenvalue weighted by molar-refractivity contribution is -0.134. The second-order valence-corrected chi connectivity index (χ2v) is 4.22. The van der Waals surface area contributed by atoms with Crippen LogP contribution in [0.1, 0.15) is 19.4 Å². The van der Waals surface area contributed by atoms with Crippen LogP contribution >= 0.6 is 0 Å². The van der Waals surface area contributed by atoms with Crippen LogP contribution in [0.4, 0.5) is 0 Å². The normalized spacial score (nSPS) is 9.72. The zero-order chi connectivity index (χ0) is 13.4. The van der Waals surface area contributed by atoms with Gasteiger partial charge in [-0.15, -0.1) is 0 Å². The number of rotatable bonds is 6. The van der Waals surface area contributed by atoms with Gasteiger partial charge in [-0.3, -0.25) is 9.63 Å². The van der Waals surface area contributed by atoms with Crippen molar-refractivity contribution in [2.75, 3.05) is 13.2 Å². The molecule has 0 aliphatic heterocycles. The number of benzene rings is 1. The number of allylic oxidation sites excluding steroid dienone is 1. The molecule has 4 nitrogen and oxygen atoms in total. The minimum absolute atomic E-state index is 0.0577. The Bertz CT molecular complexity index is 406. The van der Waals surface area contributed by atoms with E-state index in [2.05, 4.69) is 5.48 Å². The molecule has 1 N–H and O–H groups in total. The van der Waals surface area contributed by atoms with Crippen molar-refractivity contribution >= 4 is 5.91 Å². The summed E-state index contributed by atoms with van der Waals surface area (Å²) in [5.74, 6) is 0.359. The average molecular weight is 249 g/mol. The van der Waals surface area contributed by atoms with Crippen molar-refractivity contribution < 1.29 is 14.4 Å². The SMILES string of the molecule is CC(C)=CCONC(=O)COc1ccc(C)cc1. The summed E-state index contributed by atoms with van der Waals surface area (Å²) >= 11 is 0. The highest BCUT2D eigenvalue weighted by atomic mass is 16.7. The molecule has 98 valence electrons. The van der Waals surface area contributed by atoms with Gasteiger partial charge in [-0.2, -0.15) is 0 Å². The van der Waals surface area contributed by atoms with Crippen LogP contribution in [0.3, 0.4) is 0 Å². The molecule has 0 aliphatic carbocycles. The predicted molar refractivity (Wildman–Crippen MR) is 70.2 cm³/mol. The third-order valence-electron chi connectivity index (χ3n) is 2.15. The summed E-state index contributed by atoms with van der Waals surface area (Å²) in [4.78, 5) is 16.3. The van der Waals surface area contributed by atoms with Crippen molar-refractivity contribution in [3.63, 3.8) is 0 Å². The Balaban J connectivity index is 2.21. The lowest BCUT2D eigenvalue weighted by atomic mass is 10.2. The third kappa shape index (κ3) is 6.06. The van der Waals surface area contributed by atoms with Gasteiger partial charge in [-0.1, -0.05) is 29.3 Å². The minimum Gasteiger partial charge on any atom is -0.484 e. The highest BCUT2D eigenvalue weighted by molar-refractivity contribution is 5.76. The maximum atomic E-state index is 11.3. The smallest absolute Gasteiger partial charge is 0.281 e. The van der Waals surface area contributed by atoms with E-state index in [1.807, 2.05) is 51.1 Å². The highest BCUT2D eigenvalue weighted by Crippen LogP contribution is 2.10. The molecule has 0 atom stereocenters. The van der Waals surface area contributed by atoms with Crippen LogP contribution in [0.15, 0.2) is 35.9 Å². The van der Waals surface area contributed by atoms with E-state index in [-0.39, 0.29) is 12.5 Å². The predicted octanol–water partition coefficient (Wildman–Crippen LogP) is 2.39. The summed E-state index contributed by atoms with van der Waals surface area (Å²) in [6, 6.07) is 7.51. The van der Waals surface area contributed by atoms with Crippen molar-refractivity contribution in [3.8, 4) is 5.75 Å². The highest BCUT2D eigenvalue weighted by Gasteiger charge is 2.01. The molecule has 1 aromatic rings. The largest absolute Gasteiger partial charge is 0.484 e. The van der Waals surface area contributed by atoms with Gasteiger partial charge < -0.3 is 4.74 Å². The van der Waals surface area contributed by atoms with Crippen molar-refractivity contribution in [2.24, 2.45) is 0 Å². The van der Waals surface area contributed by atoms with Crippen LogP contribution in [0, 0.1) is 6.92 Å². The molecule has 0 saturated carbocycles. The Labute approximate surface area is 108 Å². The summed E-state index contributed by atoms with van der Waals surface area (Å²) in [5.41, 5.74) is 4.60. The lowest BCUT2D eigenvalue weighted by Crippen LogP contribution is -2.29. The number of nitrogens with one attached hydrogen (secondary N) is 1. The summed E-state index contributed by atoms with van der Waals surface area (Å²) in [5, 5.41) is 0. The van der Waals surface area contributed by atoms with Crippen molar-refractivity contribution in [1.29, 1.82) is 0 Å². The lowest BCUT2D eigenvalue weighted by Gasteiger charge is -2.07. The van der Waals surface area contributed by atoms with Crippen molar-refractivity contribution in [1.82, 2.24) is 5.48 Å². The number of aryl methyl sites for hydroxylation is 1. The fourth-order valence-electron chi connectivity index (χ4n) is 1.14. The van der Waals surface area contributed by atoms with E-state index in [1.165, 1.54) is 0 Å². The molecular weight excluding hydrogens is 230 g/mol. The molecule has 0 bridgehead atoms. The number of carbonyl (C=O) groups is 1. The fourth-order valence-corrected chi connectivity index (χ4v) is 1.14.